The number of pyridine rings is 2. The number of fused-ring (bicyclic) bond motifs is 1. The molecule has 2 aromatic rings. The number of phosphoric acid groups is 3. The number of nitrogens with one attached hydrogen (secondary N) is 1. The predicted molar refractivity (Wildman–Crippen MR) is 111 cm³/mol. The van der Waals surface area contributed by atoms with Gasteiger partial charge in [-0.2, -0.15) is 8.62 Å². The molecule has 0 aromatic carbocycles. The van der Waals surface area contributed by atoms with Gasteiger partial charge in [-0.05, 0) is 19.9 Å². The van der Waals surface area contributed by atoms with Crippen molar-refractivity contribution in [2.75, 3.05) is 6.61 Å². The van der Waals surface area contributed by atoms with Gasteiger partial charge in [0.05, 0.1) is 12.0 Å². The minimum absolute atomic E-state index is 0.0726. The molecule has 196 valence electrons. The maximum atomic E-state index is 14.7. The Morgan fingerprint density at radius 2 is 1.71 bits per heavy atom. The standard InChI is InChI=1S/C15H20FN2O14P3/c1-5-6(2)17-14-7(10(5)16)3-8(15(21)18-14)13-12(20)11(19)9(30-13)4-29-34(25,26)32-35(27,28)31-33(22,23)24/h3,9,11-13,19-20H,4H2,1-2H3,(H,25,26)(H,27,28)(H,17,18,21)(H2,22,23,24)/t9-,11+,12?,13+/m1/s1. The first-order valence-corrected chi connectivity index (χ1v) is 13.9. The van der Waals surface area contributed by atoms with Gasteiger partial charge >= 0.3 is 23.5 Å². The van der Waals surface area contributed by atoms with E-state index >= 15 is 0 Å². The van der Waals surface area contributed by atoms with Gasteiger partial charge in [-0.1, -0.05) is 0 Å². The van der Waals surface area contributed by atoms with Crippen LogP contribution in [-0.2, 0) is 31.6 Å². The van der Waals surface area contributed by atoms with Gasteiger partial charge in [-0.15, -0.1) is 0 Å². The van der Waals surface area contributed by atoms with Crippen LogP contribution in [0.15, 0.2) is 10.9 Å². The van der Waals surface area contributed by atoms with Crippen LogP contribution < -0.4 is 5.56 Å². The van der Waals surface area contributed by atoms with E-state index < -0.39 is 65.9 Å². The van der Waals surface area contributed by atoms with Gasteiger partial charge in [0.2, 0.25) is 0 Å². The fourth-order valence-corrected chi connectivity index (χ4v) is 6.26. The van der Waals surface area contributed by atoms with Crippen molar-refractivity contribution < 1.29 is 65.8 Å². The number of aromatic amines is 1. The van der Waals surface area contributed by atoms with Crippen molar-refractivity contribution in [3.05, 3.63) is 39.1 Å². The van der Waals surface area contributed by atoms with Crippen LogP contribution in [0.1, 0.15) is 22.9 Å². The fraction of sp³-hybridized carbons (Fsp3) is 0.467. The third-order valence-corrected chi connectivity index (χ3v) is 8.73. The summed E-state index contributed by atoms with van der Waals surface area (Å²) in [6.07, 6.45) is -6.80. The lowest BCUT2D eigenvalue weighted by molar-refractivity contribution is -0.0226. The summed E-state index contributed by atoms with van der Waals surface area (Å²) >= 11 is 0. The number of phosphoric ester groups is 1. The Morgan fingerprint density at radius 3 is 2.31 bits per heavy atom. The van der Waals surface area contributed by atoms with E-state index in [2.05, 4.69) is 23.1 Å². The summed E-state index contributed by atoms with van der Waals surface area (Å²) in [4.78, 5) is 54.6. The summed E-state index contributed by atoms with van der Waals surface area (Å²) in [7, 11) is -16.9. The Balaban J connectivity index is 1.79. The van der Waals surface area contributed by atoms with E-state index in [1.165, 1.54) is 13.8 Å². The van der Waals surface area contributed by atoms with Crippen LogP contribution in [0.3, 0.4) is 0 Å². The Kier molecular flexibility index (Phi) is 7.88. The van der Waals surface area contributed by atoms with Gasteiger partial charge in [0, 0.05) is 16.8 Å². The Labute approximate surface area is 194 Å². The highest BCUT2D eigenvalue weighted by Crippen LogP contribution is 2.66. The van der Waals surface area contributed by atoms with Gasteiger partial charge in [0.25, 0.3) is 5.56 Å². The molecule has 0 bridgehead atoms. The van der Waals surface area contributed by atoms with Crippen molar-refractivity contribution in [2.45, 2.75) is 38.3 Å². The third kappa shape index (κ3) is 6.48. The molecule has 1 aliphatic rings. The van der Waals surface area contributed by atoms with Gasteiger partial charge < -0.3 is 39.5 Å². The van der Waals surface area contributed by atoms with Crippen LogP contribution >= 0.6 is 23.5 Å². The molecule has 3 unspecified atom stereocenters. The molecule has 16 nitrogen and oxygen atoms in total. The highest BCUT2D eigenvalue weighted by atomic mass is 31.3. The number of aromatic nitrogens is 2. The second-order valence-electron chi connectivity index (χ2n) is 7.42. The zero-order valence-electron chi connectivity index (χ0n) is 17.7. The first kappa shape index (κ1) is 28.2. The molecule has 0 amide bonds. The van der Waals surface area contributed by atoms with Crippen LogP contribution in [0.4, 0.5) is 4.39 Å². The van der Waals surface area contributed by atoms with Crippen molar-refractivity contribution in [1.82, 2.24) is 9.97 Å². The van der Waals surface area contributed by atoms with E-state index in [9.17, 15) is 38.0 Å². The summed E-state index contributed by atoms with van der Waals surface area (Å²) in [5, 5.41) is 20.4. The smallest absolute Gasteiger partial charge is 0.387 e. The SMILES string of the molecule is Cc1nc2[nH]c(=O)c([C@@H]3O[C@H](COP(=O)(O)OP(=O)(O)OP(=O)(O)O)[C@H](O)C3O)cc2c(F)c1C. The number of aliphatic hydroxyl groups is 2. The largest absolute Gasteiger partial charge is 0.490 e. The molecule has 35 heavy (non-hydrogen) atoms. The summed E-state index contributed by atoms with van der Waals surface area (Å²) in [5.41, 5.74) is -0.683. The number of H-pyrrole nitrogens is 1. The number of hydrogen-bond acceptors (Lipinski definition) is 11. The number of rotatable bonds is 8. The molecular weight excluding hydrogens is 544 g/mol. The fourth-order valence-electron chi connectivity index (χ4n) is 3.23. The number of aryl methyl sites for hydroxylation is 1. The molecule has 0 radical (unpaired) electrons. The van der Waals surface area contributed by atoms with E-state index in [1.54, 1.807) is 0 Å². The minimum atomic E-state index is -5.77. The van der Waals surface area contributed by atoms with Gasteiger partial charge in [-0.3, -0.25) is 9.32 Å². The molecule has 1 aliphatic heterocycles. The summed E-state index contributed by atoms with van der Waals surface area (Å²) < 4.78 is 65.4. The first-order chi connectivity index (χ1) is 15.9. The molecule has 0 aliphatic carbocycles. The predicted octanol–water partition coefficient (Wildman–Crippen LogP) is 0.184. The van der Waals surface area contributed by atoms with Crippen molar-refractivity contribution in [3.63, 3.8) is 0 Å². The van der Waals surface area contributed by atoms with Crippen molar-refractivity contribution >= 4 is 34.5 Å². The summed E-state index contributed by atoms with van der Waals surface area (Å²) in [6.45, 7) is 1.93. The zero-order chi connectivity index (χ0) is 26.5. The van der Waals surface area contributed by atoms with Crippen LogP contribution in [0.5, 0.6) is 0 Å². The topological polar surface area (TPSA) is 255 Å². The van der Waals surface area contributed by atoms with E-state index in [0.29, 0.717) is 5.69 Å². The second-order valence-corrected chi connectivity index (χ2v) is 11.8. The molecule has 6 atom stereocenters. The molecular formula is C15H20FN2O14P3. The Bertz CT molecular complexity index is 1340. The van der Waals surface area contributed by atoms with Gasteiger partial charge in [0.15, 0.2) is 0 Å². The lowest BCUT2D eigenvalue weighted by Gasteiger charge is -2.19. The van der Waals surface area contributed by atoms with Crippen molar-refractivity contribution in [3.8, 4) is 0 Å². The average Bonchev–Trinajstić information content (AvgIpc) is 2.96. The molecule has 1 fully saturated rings. The third-order valence-electron chi connectivity index (χ3n) is 4.92. The van der Waals surface area contributed by atoms with E-state index in [4.69, 9.17) is 19.4 Å². The molecule has 0 spiro atoms. The number of hydrogen-bond donors (Lipinski definition) is 7. The lowest BCUT2D eigenvalue weighted by Crippen LogP contribution is -2.33. The summed E-state index contributed by atoms with van der Waals surface area (Å²) in [5.74, 6) is -0.692. The highest BCUT2D eigenvalue weighted by Gasteiger charge is 2.47. The van der Waals surface area contributed by atoms with Crippen LogP contribution in [-0.4, -0.2) is 64.7 Å². The summed E-state index contributed by atoms with van der Waals surface area (Å²) in [6, 6.07) is 1.06. The molecule has 20 heteroatoms. The lowest BCUT2D eigenvalue weighted by atomic mass is 10.0. The maximum absolute atomic E-state index is 14.7. The van der Waals surface area contributed by atoms with E-state index in [-0.39, 0.29) is 22.2 Å². The molecule has 2 aromatic heterocycles. The average molecular weight is 564 g/mol. The normalized spacial score (nSPS) is 26.5. The monoisotopic (exact) mass is 564 g/mol. The maximum Gasteiger partial charge on any atom is 0.490 e. The molecule has 0 saturated carbocycles. The van der Waals surface area contributed by atoms with Crippen LogP contribution in [0, 0.1) is 19.7 Å². The second kappa shape index (κ2) is 9.80. The molecule has 3 rings (SSSR count). The number of ether oxygens (including phenoxy) is 1. The van der Waals surface area contributed by atoms with E-state index in [0.717, 1.165) is 6.07 Å². The van der Waals surface area contributed by atoms with Crippen LogP contribution in [0.2, 0.25) is 0 Å². The highest BCUT2D eigenvalue weighted by molar-refractivity contribution is 7.66. The van der Waals surface area contributed by atoms with Gasteiger partial charge in [0.1, 0.15) is 35.9 Å². The Hall–Kier alpha value is -1.42. The molecule has 7 N–H and O–H groups in total. The zero-order valence-corrected chi connectivity index (χ0v) is 20.4. The minimum Gasteiger partial charge on any atom is -0.387 e. The van der Waals surface area contributed by atoms with Crippen molar-refractivity contribution in [1.29, 1.82) is 0 Å². The number of aliphatic hydroxyl groups excluding tert-OH is 2. The van der Waals surface area contributed by atoms with Crippen molar-refractivity contribution in [2.24, 2.45) is 0 Å². The molecule has 3 heterocycles. The Morgan fingerprint density at radius 1 is 1.09 bits per heavy atom. The number of halogens is 1. The first-order valence-electron chi connectivity index (χ1n) is 9.40. The quantitative estimate of drug-likeness (QED) is 0.211. The van der Waals surface area contributed by atoms with Gasteiger partial charge in [-0.25, -0.2) is 23.1 Å². The molecule has 1 saturated heterocycles. The van der Waals surface area contributed by atoms with E-state index in [1.807, 2.05) is 0 Å². The number of nitrogens with zero attached hydrogens (tertiary/aromatic N) is 1. The van der Waals surface area contributed by atoms with Crippen LogP contribution in [0.25, 0.3) is 11.0 Å².